The van der Waals surface area contributed by atoms with Crippen molar-refractivity contribution in [3.05, 3.63) is 82.9 Å². The van der Waals surface area contributed by atoms with E-state index in [1.54, 1.807) is 30.5 Å². The van der Waals surface area contributed by atoms with E-state index in [0.29, 0.717) is 17.0 Å². The zero-order valence-electron chi connectivity index (χ0n) is 14.1. The van der Waals surface area contributed by atoms with Crippen LogP contribution in [0.2, 0.25) is 0 Å². The van der Waals surface area contributed by atoms with Crippen LogP contribution in [-0.4, -0.2) is 20.9 Å². The number of nitrogens with one attached hydrogen (secondary N) is 2. The molecule has 2 aromatic carbocycles. The van der Waals surface area contributed by atoms with Gasteiger partial charge in [-0.2, -0.15) is 4.98 Å². The van der Waals surface area contributed by atoms with Crippen LogP contribution >= 0.6 is 0 Å². The number of benzene rings is 2. The monoisotopic (exact) mass is 357 g/mol. The summed E-state index contributed by atoms with van der Waals surface area (Å²) in [6, 6.07) is 18.4. The average molecular weight is 357 g/mol. The summed E-state index contributed by atoms with van der Waals surface area (Å²) in [5, 5.41) is 3.90. The van der Waals surface area contributed by atoms with Gasteiger partial charge in [-0.1, -0.05) is 24.3 Å². The van der Waals surface area contributed by atoms with Gasteiger partial charge in [0.25, 0.3) is 0 Å². The van der Waals surface area contributed by atoms with Gasteiger partial charge in [0.15, 0.2) is 5.65 Å². The van der Waals surface area contributed by atoms with Crippen LogP contribution in [0.15, 0.2) is 71.7 Å². The minimum atomic E-state index is -0.469. The molecule has 0 saturated carbocycles. The zero-order valence-corrected chi connectivity index (χ0v) is 14.1. The number of hydrogen-bond acceptors (Lipinski definition) is 5. The number of primary amides is 1. The Morgan fingerprint density at radius 3 is 2.59 bits per heavy atom. The minimum Gasteiger partial charge on any atom is -0.366 e. The number of nitrogens with two attached hydrogens (primary N) is 1. The molecule has 4 aromatic rings. The molecule has 4 N–H and O–H groups in total. The van der Waals surface area contributed by atoms with E-state index < -0.39 is 11.6 Å². The lowest BCUT2D eigenvalue weighted by molar-refractivity contribution is 0.100. The third-order valence-corrected chi connectivity index (χ3v) is 4.13. The first-order valence-electron chi connectivity index (χ1n) is 8.22. The fraction of sp³-hybridized carbons (Fsp3) is 0. The summed E-state index contributed by atoms with van der Waals surface area (Å²) in [5.41, 5.74) is 8.34. The lowest BCUT2D eigenvalue weighted by Crippen LogP contribution is -2.13. The number of fused-ring (bicyclic) bond motifs is 1. The number of aromatic nitrogens is 3. The normalized spacial score (nSPS) is 10.7. The quantitative estimate of drug-likeness (QED) is 0.520. The molecule has 0 saturated heterocycles. The molecule has 0 unspecified atom stereocenters. The molecule has 0 aliphatic heterocycles. The molecule has 0 aliphatic rings. The molecule has 2 aromatic heterocycles. The molecule has 0 fully saturated rings. The molecule has 2 heterocycles. The summed E-state index contributed by atoms with van der Waals surface area (Å²) in [4.78, 5) is 33.7. The molecule has 0 atom stereocenters. The van der Waals surface area contributed by atoms with Gasteiger partial charge in [0.2, 0.25) is 5.91 Å². The van der Waals surface area contributed by atoms with Crippen LogP contribution in [0.4, 0.5) is 11.5 Å². The Morgan fingerprint density at radius 2 is 1.81 bits per heavy atom. The Morgan fingerprint density at radius 1 is 1.00 bits per heavy atom. The highest BCUT2D eigenvalue weighted by Crippen LogP contribution is 2.25. The van der Waals surface area contributed by atoms with Gasteiger partial charge < -0.3 is 11.1 Å². The fourth-order valence-corrected chi connectivity index (χ4v) is 2.82. The molecule has 1 amide bonds. The predicted octanol–water partition coefficient (Wildman–Crippen LogP) is 2.83. The summed E-state index contributed by atoms with van der Waals surface area (Å²) in [6.45, 7) is 0. The number of amides is 1. The molecule has 7 nitrogen and oxygen atoms in total. The van der Waals surface area contributed by atoms with Crippen LogP contribution in [0.5, 0.6) is 0 Å². The predicted molar refractivity (Wildman–Crippen MR) is 104 cm³/mol. The standard InChI is InChI=1S/C20H15N5O2/c21-17(26)14-4-1-3-13(11-14)12-6-8-15(9-7-12)23-19-16-5-2-10-22-18(16)24-20(27)25-19/h1-11H,(H2,21,26)(H2,22,23,24,25,27). The van der Waals surface area contributed by atoms with Crippen LogP contribution in [-0.2, 0) is 0 Å². The minimum absolute atomic E-state index is 0.378. The highest BCUT2D eigenvalue weighted by molar-refractivity contribution is 5.94. The largest absolute Gasteiger partial charge is 0.366 e. The Bertz CT molecular complexity index is 1200. The van der Waals surface area contributed by atoms with E-state index in [-0.39, 0.29) is 0 Å². The summed E-state index contributed by atoms with van der Waals surface area (Å²) in [7, 11) is 0. The Kier molecular flexibility index (Phi) is 4.10. The first-order chi connectivity index (χ1) is 13.1. The van der Waals surface area contributed by atoms with E-state index in [1.807, 2.05) is 36.4 Å². The lowest BCUT2D eigenvalue weighted by Gasteiger charge is -2.10. The van der Waals surface area contributed by atoms with Gasteiger partial charge in [0.05, 0.1) is 5.39 Å². The Hall–Kier alpha value is -4.00. The van der Waals surface area contributed by atoms with Crippen molar-refractivity contribution in [2.24, 2.45) is 5.73 Å². The van der Waals surface area contributed by atoms with Gasteiger partial charge in [-0.25, -0.2) is 9.78 Å². The number of H-pyrrole nitrogens is 1. The first-order valence-corrected chi connectivity index (χ1v) is 8.22. The molecule has 0 aliphatic carbocycles. The second kappa shape index (κ2) is 6.72. The molecule has 132 valence electrons. The van der Waals surface area contributed by atoms with Gasteiger partial charge in [-0.15, -0.1) is 0 Å². The number of pyridine rings is 1. The van der Waals surface area contributed by atoms with E-state index in [1.165, 1.54) is 0 Å². The maximum Gasteiger partial charge on any atom is 0.348 e. The van der Waals surface area contributed by atoms with Crippen LogP contribution in [0.3, 0.4) is 0 Å². The van der Waals surface area contributed by atoms with Crippen molar-refractivity contribution in [2.75, 3.05) is 5.32 Å². The third kappa shape index (κ3) is 3.38. The maximum absolute atomic E-state index is 11.7. The van der Waals surface area contributed by atoms with Crippen molar-refractivity contribution in [2.45, 2.75) is 0 Å². The molecular formula is C20H15N5O2. The number of carbonyl (C=O) groups is 1. The van der Waals surface area contributed by atoms with Crippen LogP contribution < -0.4 is 16.7 Å². The van der Waals surface area contributed by atoms with Gasteiger partial charge in [0, 0.05) is 17.4 Å². The van der Waals surface area contributed by atoms with E-state index in [0.717, 1.165) is 22.2 Å². The van der Waals surface area contributed by atoms with E-state index in [4.69, 9.17) is 5.73 Å². The van der Waals surface area contributed by atoms with Crippen molar-refractivity contribution in [1.82, 2.24) is 15.0 Å². The molecule has 0 bridgehead atoms. The SMILES string of the molecule is NC(=O)c1cccc(-c2ccc(Nc3[nH]c(=O)nc4ncccc34)cc2)c1. The Labute approximate surface area is 153 Å². The second-order valence-electron chi connectivity index (χ2n) is 5.94. The summed E-state index contributed by atoms with van der Waals surface area (Å²) >= 11 is 0. The first kappa shape index (κ1) is 16.5. The molecule has 4 rings (SSSR count). The van der Waals surface area contributed by atoms with Crippen molar-refractivity contribution >= 4 is 28.4 Å². The fourth-order valence-electron chi connectivity index (χ4n) is 2.82. The Balaban J connectivity index is 1.65. The molecule has 0 spiro atoms. The van der Waals surface area contributed by atoms with E-state index in [9.17, 15) is 9.59 Å². The van der Waals surface area contributed by atoms with Gasteiger partial charge in [-0.3, -0.25) is 9.78 Å². The summed E-state index contributed by atoms with van der Waals surface area (Å²) in [6.07, 6.45) is 1.59. The third-order valence-electron chi connectivity index (χ3n) is 4.13. The average Bonchev–Trinajstić information content (AvgIpc) is 2.68. The van der Waals surface area contributed by atoms with Gasteiger partial charge in [-0.05, 0) is 47.5 Å². The van der Waals surface area contributed by atoms with Crippen LogP contribution in [0.1, 0.15) is 10.4 Å². The molecule has 27 heavy (non-hydrogen) atoms. The number of nitrogens with zero attached hydrogens (tertiary/aromatic N) is 2. The van der Waals surface area contributed by atoms with E-state index in [2.05, 4.69) is 20.3 Å². The van der Waals surface area contributed by atoms with Gasteiger partial charge >= 0.3 is 5.69 Å². The van der Waals surface area contributed by atoms with Crippen molar-refractivity contribution in [3.63, 3.8) is 0 Å². The van der Waals surface area contributed by atoms with Crippen molar-refractivity contribution in [1.29, 1.82) is 0 Å². The topological polar surface area (TPSA) is 114 Å². The number of hydrogen-bond donors (Lipinski definition) is 3. The highest BCUT2D eigenvalue weighted by Gasteiger charge is 2.07. The number of anilines is 2. The number of aromatic amines is 1. The number of rotatable bonds is 4. The van der Waals surface area contributed by atoms with Crippen molar-refractivity contribution in [3.8, 4) is 11.1 Å². The van der Waals surface area contributed by atoms with Crippen LogP contribution in [0.25, 0.3) is 22.2 Å². The summed E-state index contributed by atoms with van der Waals surface area (Å²) < 4.78 is 0. The molecule has 0 radical (unpaired) electrons. The summed E-state index contributed by atoms with van der Waals surface area (Å²) in [5.74, 6) is 0.0684. The van der Waals surface area contributed by atoms with Crippen molar-refractivity contribution < 1.29 is 4.79 Å². The maximum atomic E-state index is 11.7. The van der Waals surface area contributed by atoms with Crippen LogP contribution in [0, 0.1) is 0 Å². The van der Waals surface area contributed by atoms with E-state index >= 15 is 0 Å². The zero-order chi connectivity index (χ0) is 18.8. The smallest absolute Gasteiger partial charge is 0.348 e. The molecular weight excluding hydrogens is 342 g/mol. The second-order valence-corrected chi connectivity index (χ2v) is 5.94. The number of carbonyl (C=O) groups excluding carboxylic acids is 1. The van der Waals surface area contributed by atoms with Gasteiger partial charge in [0.1, 0.15) is 5.82 Å². The molecule has 7 heteroatoms. The highest BCUT2D eigenvalue weighted by atomic mass is 16.1. The lowest BCUT2D eigenvalue weighted by atomic mass is 10.0.